The van der Waals surface area contributed by atoms with E-state index in [0.29, 0.717) is 19.5 Å². The molecule has 0 saturated carbocycles. The Kier molecular flexibility index (Phi) is 7.21. The fourth-order valence-corrected chi connectivity index (χ4v) is 6.72. The van der Waals surface area contributed by atoms with E-state index in [4.69, 9.17) is 0 Å². The first-order chi connectivity index (χ1) is 15.7. The molecule has 2 atom stereocenters. The van der Waals surface area contributed by atoms with Crippen molar-refractivity contribution in [2.24, 2.45) is 0 Å². The van der Waals surface area contributed by atoms with Crippen LogP contribution >= 0.6 is 0 Å². The van der Waals surface area contributed by atoms with Gasteiger partial charge in [0.15, 0.2) is 9.84 Å². The van der Waals surface area contributed by atoms with Crippen LogP contribution in [0.25, 0.3) is 0 Å². The van der Waals surface area contributed by atoms with Crippen molar-refractivity contribution in [3.05, 3.63) is 52.8 Å². The summed E-state index contributed by atoms with van der Waals surface area (Å²) in [6, 6.07) is 10.5. The molecule has 2 aliphatic heterocycles. The molecule has 1 amide bonds. The monoisotopic (exact) mass is 473 g/mol. The first kappa shape index (κ1) is 23.9. The van der Waals surface area contributed by atoms with Crippen LogP contribution in [0.1, 0.15) is 41.4 Å². The minimum atomic E-state index is -2.96. The number of sulfone groups is 1. The Morgan fingerprint density at radius 1 is 1.21 bits per heavy atom. The number of aryl methyl sites for hydroxylation is 1. The molecule has 0 unspecified atom stereocenters. The zero-order chi connectivity index (χ0) is 23.6. The number of amides is 1. The zero-order valence-electron chi connectivity index (χ0n) is 19.8. The molecule has 2 fully saturated rings. The van der Waals surface area contributed by atoms with E-state index >= 15 is 0 Å². The van der Waals surface area contributed by atoms with Gasteiger partial charge in [-0.05, 0) is 39.3 Å². The molecule has 1 aromatic carbocycles. The van der Waals surface area contributed by atoms with Gasteiger partial charge in [0.1, 0.15) is 0 Å². The van der Waals surface area contributed by atoms with Crippen molar-refractivity contribution < 1.29 is 13.2 Å². The fourth-order valence-electron chi connectivity index (χ4n) is 5.03. The number of hydrogen-bond donors (Lipinski definition) is 1. The molecule has 1 N–H and O–H groups in total. The van der Waals surface area contributed by atoms with Gasteiger partial charge >= 0.3 is 0 Å². The molecule has 0 bridgehead atoms. The number of carbonyl (C=O) groups excluding carboxylic acids is 1. The molecule has 0 radical (unpaired) electrons. The zero-order valence-corrected chi connectivity index (χ0v) is 20.6. The van der Waals surface area contributed by atoms with Crippen molar-refractivity contribution >= 4 is 15.7 Å². The Morgan fingerprint density at radius 2 is 1.97 bits per heavy atom. The number of hydrogen-bond acceptors (Lipinski definition) is 6. The fraction of sp³-hybridized carbons (Fsp3) is 0.583. The molecular formula is C24H35N5O3S. The number of rotatable bonds is 8. The number of nitrogens with zero attached hydrogens (tertiary/aromatic N) is 4. The van der Waals surface area contributed by atoms with Crippen molar-refractivity contribution in [1.82, 2.24) is 24.9 Å². The van der Waals surface area contributed by atoms with Crippen LogP contribution in [-0.2, 0) is 27.7 Å². The van der Waals surface area contributed by atoms with Gasteiger partial charge in [0.2, 0.25) is 5.91 Å². The molecule has 2 saturated heterocycles. The predicted molar refractivity (Wildman–Crippen MR) is 129 cm³/mol. The Bertz CT molecular complexity index is 1080. The standard InChI is InChI=1S/C24H35N5O3S/c1-18-23(19(2)29(26-18)22-10-12-33(31,32)17-22)15-27(3)16-24(30)25-21-9-11-28(14-21)13-20-7-5-4-6-8-20/h4-8,21-22H,9-17H2,1-3H3,(H,25,30)/t21-,22-/m1/s1. The van der Waals surface area contributed by atoms with Crippen molar-refractivity contribution in [3.63, 3.8) is 0 Å². The highest BCUT2D eigenvalue weighted by Crippen LogP contribution is 2.27. The minimum absolute atomic E-state index is 0.0358. The van der Waals surface area contributed by atoms with Crippen LogP contribution in [0, 0.1) is 13.8 Å². The summed E-state index contributed by atoms with van der Waals surface area (Å²) < 4.78 is 25.6. The maximum Gasteiger partial charge on any atom is 0.234 e. The average molecular weight is 474 g/mol. The van der Waals surface area contributed by atoms with Gasteiger partial charge in [-0.3, -0.25) is 19.3 Å². The molecule has 2 aliphatic rings. The first-order valence-corrected chi connectivity index (χ1v) is 13.5. The van der Waals surface area contributed by atoms with E-state index in [2.05, 4.69) is 39.6 Å². The molecule has 33 heavy (non-hydrogen) atoms. The van der Waals surface area contributed by atoms with Gasteiger partial charge < -0.3 is 5.32 Å². The average Bonchev–Trinajstić information content (AvgIpc) is 3.42. The maximum absolute atomic E-state index is 12.7. The lowest BCUT2D eigenvalue weighted by molar-refractivity contribution is -0.122. The molecule has 2 aromatic rings. The van der Waals surface area contributed by atoms with E-state index in [1.807, 2.05) is 36.5 Å². The van der Waals surface area contributed by atoms with Gasteiger partial charge in [-0.15, -0.1) is 0 Å². The molecule has 9 heteroatoms. The van der Waals surface area contributed by atoms with Crippen LogP contribution < -0.4 is 5.32 Å². The summed E-state index contributed by atoms with van der Waals surface area (Å²) in [4.78, 5) is 17.0. The van der Waals surface area contributed by atoms with E-state index in [0.717, 1.165) is 43.0 Å². The summed E-state index contributed by atoms with van der Waals surface area (Å²) in [5, 5.41) is 7.83. The van der Waals surface area contributed by atoms with Gasteiger partial charge in [-0.1, -0.05) is 30.3 Å². The Labute approximate surface area is 196 Å². The lowest BCUT2D eigenvalue weighted by atomic mass is 10.1. The molecule has 8 nitrogen and oxygen atoms in total. The third-order valence-electron chi connectivity index (χ3n) is 6.76. The van der Waals surface area contributed by atoms with Gasteiger partial charge in [-0.2, -0.15) is 5.10 Å². The summed E-state index contributed by atoms with van der Waals surface area (Å²) in [6.45, 7) is 7.65. The summed E-state index contributed by atoms with van der Waals surface area (Å²) in [7, 11) is -1.03. The molecule has 0 spiro atoms. The Morgan fingerprint density at radius 3 is 2.67 bits per heavy atom. The largest absolute Gasteiger partial charge is 0.351 e. The summed E-state index contributed by atoms with van der Waals surface area (Å²) in [6.07, 6.45) is 1.59. The molecule has 3 heterocycles. The molecular weight excluding hydrogens is 438 g/mol. The Hall–Kier alpha value is -2.23. The lowest BCUT2D eigenvalue weighted by Gasteiger charge is -2.20. The van der Waals surface area contributed by atoms with E-state index in [1.54, 1.807) is 0 Å². The number of carbonyl (C=O) groups is 1. The van der Waals surface area contributed by atoms with Gasteiger partial charge in [0, 0.05) is 43.5 Å². The highest BCUT2D eigenvalue weighted by molar-refractivity contribution is 7.91. The van der Waals surface area contributed by atoms with E-state index < -0.39 is 9.84 Å². The molecule has 4 rings (SSSR count). The van der Waals surface area contributed by atoms with Crippen LogP contribution in [-0.4, -0.2) is 78.1 Å². The number of likely N-dealkylation sites (N-methyl/N-ethyl adjacent to an activating group) is 1. The smallest absolute Gasteiger partial charge is 0.234 e. The van der Waals surface area contributed by atoms with Crippen LogP contribution in [0.5, 0.6) is 0 Å². The highest BCUT2D eigenvalue weighted by Gasteiger charge is 2.31. The van der Waals surface area contributed by atoms with Crippen molar-refractivity contribution in [1.29, 1.82) is 0 Å². The van der Waals surface area contributed by atoms with Crippen LogP contribution in [0.15, 0.2) is 30.3 Å². The van der Waals surface area contributed by atoms with Crippen LogP contribution in [0.3, 0.4) is 0 Å². The minimum Gasteiger partial charge on any atom is -0.351 e. The SMILES string of the molecule is Cc1nn([C@@H]2CCS(=O)(=O)C2)c(C)c1CN(C)CC(=O)N[C@@H]1CCN(Cc2ccccc2)C1. The van der Waals surface area contributed by atoms with E-state index in [9.17, 15) is 13.2 Å². The first-order valence-electron chi connectivity index (χ1n) is 11.7. The maximum atomic E-state index is 12.7. The third-order valence-corrected chi connectivity index (χ3v) is 8.51. The number of aromatic nitrogens is 2. The molecule has 1 aromatic heterocycles. The van der Waals surface area contributed by atoms with Crippen LogP contribution in [0.4, 0.5) is 0 Å². The molecule has 180 valence electrons. The topological polar surface area (TPSA) is 87.5 Å². The quantitative estimate of drug-likeness (QED) is 0.628. The second-order valence-corrected chi connectivity index (χ2v) is 11.8. The summed E-state index contributed by atoms with van der Waals surface area (Å²) >= 11 is 0. The lowest BCUT2D eigenvalue weighted by Crippen LogP contribution is -2.42. The normalized spacial score (nSPS) is 22.8. The Balaban J connectivity index is 1.27. The second kappa shape index (κ2) is 9.95. The highest BCUT2D eigenvalue weighted by atomic mass is 32.2. The summed E-state index contributed by atoms with van der Waals surface area (Å²) in [5.74, 6) is 0.429. The van der Waals surface area contributed by atoms with Crippen molar-refractivity contribution in [3.8, 4) is 0 Å². The van der Waals surface area contributed by atoms with Crippen LogP contribution in [0.2, 0.25) is 0 Å². The number of likely N-dealkylation sites (tertiary alicyclic amines) is 1. The van der Waals surface area contributed by atoms with Crippen molar-refractivity contribution in [2.45, 2.75) is 51.9 Å². The summed E-state index contributed by atoms with van der Waals surface area (Å²) in [5.41, 5.74) is 4.26. The van der Waals surface area contributed by atoms with E-state index in [-0.39, 0.29) is 29.5 Å². The van der Waals surface area contributed by atoms with Crippen molar-refractivity contribution in [2.75, 3.05) is 38.2 Å². The van der Waals surface area contributed by atoms with Gasteiger partial charge in [0.25, 0.3) is 0 Å². The third kappa shape index (κ3) is 6.02. The van der Waals surface area contributed by atoms with Gasteiger partial charge in [-0.25, -0.2) is 8.42 Å². The molecule has 0 aliphatic carbocycles. The number of nitrogens with one attached hydrogen (secondary N) is 1. The predicted octanol–water partition coefficient (Wildman–Crippen LogP) is 1.68. The second-order valence-electron chi connectivity index (χ2n) is 9.60. The van der Waals surface area contributed by atoms with Gasteiger partial charge in [0.05, 0.1) is 29.8 Å². The number of benzene rings is 1. The van der Waals surface area contributed by atoms with E-state index in [1.165, 1.54) is 5.56 Å².